The van der Waals surface area contributed by atoms with Crippen molar-refractivity contribution in [2.24, 2.45) is 0 Å². The van der Waals surface area contributed by atoms with Gasteiger partial charge in [-0.25, -0.2) is 9.97 Å². The van der Waals surface area contributed by atoms with Gasteiger partial charge in [0, 0.05) is 12.6 Å². The average molecular weight is 308 g/mol. The molecule has 0 radical (unpaired) electrons. The van der Waals surface area contributed by atoms with Crippen LogP contribution < -0.4 is 10.6 Å². The second-order valence-corrected chi connectivity index (χ2v) is 4.89. The number of hydrogen-bond donors (Lipinski definition) is 2. The number of carbonyl (C=O) groups excluding carboxylic acids is 1. The average Bonchev–Trinajstić information content (AvgIpc) is 3.12. The Balaban J connectivity index is 1.58. The zero-order chi connectivity index (χ0) is 15.9. The van der Waals surface area contributed by atoms with Crippen molar-refractivity contribution < 1.29 is 9.21 Å². The predicted octanol–water partition coefficient (Wildman–Crippen LogP) is 2.61. The van der Waals surface area contributed by atoms with Gasteiger partial charge in [0.05, 0.1) is 12.8 Å². The van der Waals surface area contributed by atoms with Crippen LogP contribution in [0.15, 0.2) is 65.5 Å². The number of nitrogens with one attached hydrogen (secondary N) is 2. The minimum Gasteiger partial charge on any atom is -0.467 e. The van der Waals surface area contributed by atoms with Crippen LogP contribution in [-0.2, 0) is 13.1 Å². The predicted molar refractivity (Wildman–Crippen MR) is 85.7 cm³/mol. The van der Waals surface area contributed by atoms with Crippen molar-refractivity contribution in [3.8, 4) is 0 Å². The zero-order valence-electron chi connectivity index (χ0n) is 12.4. The maximum Gasteiger partial charge on any atom is 0.270 e. The third-order valence-electron chi connectivity index (χ3n) is 3.22. The molecule has 2 aromatic heterocycles. The van der Waals surface area contributed by atoms with Gasteiger partial charge in [-0.05, 0) is 17.7 Å². The first-order valence-electron chi connectivity index (χ1n) is 7.22. The van der Waals surface area contributed by atoms with Crippen LogP contribution in [0.25, 0.3) is 0 Å². The van der Waals surface area contributed by atoms with Gasteiger partial charge in [0.2, 0.25) is 0 Å². The summed E-state index contributed by atoms with van der Waals surface area (Å²) < 4.78 is 5.24. The van der Waals surface area contributed by atoms with E-state index in [2.05, 4.69) is 20.6 Å². The van der Waals surface area contributed by atoms with Crippen LogP contribution in [0, 0.1) is 0 Å². The van der Waals surface area contributed by atoms with E-state index in [0.29, 0.717) is 24.6 Å². The van der Waals surface area contributed by atoms with Crippen LogP contribution in [0.5, 0.6) is 0 Å². The molecule has 0 spiro atoms. The molecule has 2 N–H and O–H groups in total. The Morgan fingerprint density at radius 2 is 1.91 bits per heavy atom. The molecule has 1 aromatic carbocycles. The molecule has 1 amide bonds. The monoisotopic (exact) mass is 308 g/mol. The molecule has 2 heterocycles. The van der Waals surface area contributed by atoms with Crippen molar-refractivity contribution in [1.82, 2.24) is 15.3 Å². The van der Waals surface area contributed by atoms with Crippen LogP contribution in [0.4, 0.5) is 5.82 Å². The minimum absolute atomic E-state index is 0.239. The molecule has 3 aromatic rings. The molecule has 0 saturated heterocycles. The van der Waals surface area contributed by atoms with Gasteiger partial charge in [0.25, 0.3) is 5.91 Å². The number of carbonyl (C=O) groups is 1. The molecule has 0 saturated carbocycles. The largest absolute Gasteiger partial charge is 0.467 e. The van der Waals surface area contributed by atoms with Gasteiger partial charge in [-0.2, -0.15) is 0 Å². The summed E-state index contributed by atoms with van der Waals surface area (Å²) in [4.78, 5) is 20.3. The summed E-state index contributed by atoms with van der Waals surface area (Å²) in [6, 6.07) is 15.0. The molecule has 0 aliphatic rings. The molecular weight excluding hydrogens is 292 g/mol. The smallest absolute Gasteiger partial charge is 0.270 e. The van der Waals surface area contributed by atoms with Gasteiger partial charge >= 0.3 is 0 Å². The SMILES string of the molecule is O=C(NCc1ccccc1)c1cc(NCc2ccco2)ncn1. The maximum absolute atomic E-state index is 12.2. The first-order valence-corrected chi connectivity index (χ1v) is 7.22. The normalized spacial score (nSPS) is 10.3. The number of aromatic nitrogens is 2. The Hall–Kier alpha value is -3.15. The van der Waals surface area contributed by atoms with Gasteiger partial charge in [0.15, 0.2) is 0 Å². The fourth-order valence-corrected chi connectivity index (χ4v) is 2.04. The third-order valence-corrected chi connectivity index (χ3v) is 3.22. The first kappa shape index (κ1) is 14.8. The Labute approximate surface area is 133 Å². The number of anilines is 1. The maximum atomic E-state index is 12.2. The van der Waals surface area contributed by atoms with Gasteiger partial charge in [-0.1, -0.05) is 30.3 Å². The van der Waals surface area contributed by atoms with Crippen molar-refractivity contribution in [3.63, 3.8) is 0 Å². The molecule has 0 fully saturated rings. The van der Waals surface area contributed by atoms with E-state index < -0.39 is 0 Å². The van der Waals surface area contributed by atoms with Gasteiger partial charge in [-0.3, -0.25) is 4.79 Å². The third kappa shape index (κ3) is 4.16. The second kappa shape index (κ2) is 7.22. The molecule has 0 aliphatic heterocycles. The summed E-state index contributed by atoms with van der Waals surface area (Å²) in [6.45, 7) is 0.952. The lowest BCUT2D eigenvalue weighted by Gasteiger charge is -2.07. The van der Waals surface area contributed by atoms with Crippen molar-refractivity contribution >= 4 is 11.7 Å². The van der Waals surface area contributed by atoms with Crippen molar-refractivity contribution in [2.45, 2.75) is 13.1 Å². The van der Waals surface area contributed by atoms with Crippen LogP contribution in [0.3, 0.4) is 0 Å². The highest BCUT2D eigenvalue weighted by molar-refractivity contribution is 5.92. The van der Waals surface area contributed by atoms with Gasteiger partial charge in [0.1, 0.15) is 23.6 Å². The highest BCUT2D eigenvalue weighted by atomic mass is 16.3. The molecular formula is C17H16N4O2. The Morgan fingerprint density at radius 3 is 2.70 bits per heavy atom. The number of rotatable bonds is 6. The van der Waals surface area contributed by atoms with Crippen LogP contribution >= 0.6 is 0 Å². The van der Waals surface area contributed by atoms with Gasteiger partial charge in [-0.15, -0.1) is 0 Å². The van der Waals surface area contributed by atoms with E-state index in [1.54, 1.807) is 12.3 Å². The lowest BCUT2D eigenvalue weighted by atomic mass is 10.2. The van der Waals surface area contributed by atoms with Crippen LogP contribution in [0.2, 0.25) is 0 Å². The molecule has 3 rings (SSSR count). The van der Waals surface area contributed by atoms with E-state index in [1.165, 1.54) is 6.33 Å². The van der Waals surface area contributed by atoms with E-state index in [-0.39, 0.29) is 5.91 Å². The van der Waals surface area contributed by atoms with Crippen molar-refractivity contribution in [3.05, 3.63) is 78.1 Å². The number of amides is 1. The summed E-state index contributed by atoms with van der Waals surface area (Å²) >= 11 is 0. The standard InChI is InChI=1S/C17H16N4O2/c22-17(19-10-13-5-2-1-3-6-13)15-9-16(21-12-20-15)18-11-14-7-4-8-23-14/h1-9,12H,10-11H2,(H,19,22)(H,18,20,21). The number of hydrogen-bond acceptors (Lipinski definition) is 5. The lowest BCUT2D eigenvalue weighted by Crippen LogP contribution is -2.24. The fourth-order valence-electron chi connectivity index (χ4n) is 2.04. The molecule has 6 nitrogen and oxygen atoms in total. The second-order valence-electron chi connectivity index (χ2n) is 4.89. The van der Waals surface area contributed by atoms with Crippen molar-refractivity contribution in [1.29, 1.82) is 0 Å². The highest BCUT2D eigenvalue weighted by Gasteiger charge is 2.08. The number of benzene rings is 1. The van der Waals surface area contributed by atoms with E-state index in [1.807, 2.05) is 42.5 Å². The molecule has 23 heavy (non-hydrogen) atoms. The summed E-state index contributed by atoms with van der Waals surface area (Å²) in [7, 11) is 0. The Morgan fingerprint density at radius 1 is 1.04 bits per heavy atom. The molecule has 116 valence electrons. The zero-order valence-corrected chi connectivity index (χ0v) is 12.4. The van der Waals surface area contributed by atoms with Gasteiger partial charge < -0.3 is 15.1 Å². The highest BCUT2D eigenvalue weighted by Crippen LogP contribution is 2.08. The topological polar surface area (TPSA) is 80.0 Å². The Bertz CT molecular complexity index is 757. The number of furan rings is 1. The molecule has 0 unspecified atom stereocenters. The van der Waals surface area contributed by atoms with Crippen LogP contribution in [0.1, 0.15) is 21.8 Å². The fraction of sp³-hybridized carbons (Fsp3) is 0.118. The Kier molecular flexibility index (Phi) is 4.63. The molecule has 0 bridgehead atoms. The minimum atomic E-state index is -0.239. The summed E-state index contributed by atoms with van der Waals surface area (Å²) in [5.74, 6) is 1.12. The number of nitrogens with zero attached hydrogens (tertiary/aromatic N) is 2. The van der Waals surface area contributed by atoms with Crippen molar-refractivity contribution in [2.75, 3.05) is 5.32 Å². The first-order chi connectivity index (χ1) is 11.3. The molecule has 6 heteroatoms. The van der Waals surface area contributed by atoms with Crippen LogP contribution in [-0.4, -0.2) is 15.9 Å². The summed E-state index contributed by atoms with van der Waals surface area (Å²) in [5.41, 5.74) is 1.35. The van der Waals surface area contributed by atoms with E-state index in [0.717, 1.165) is 11.3 Å². The summed E-state index contributed by atoms with van der Waals surface area (Å²) in [5, 5.41) is 5.93. The van der Waals surface area contributed by atoms with E-state index >= 15 is 0 Å². The quantitative estimate of drug-likeness (QED) is 0.731. The van der Waals surface area contributed by atoms with E-state index in [9.17, 15) is 4.79 Å². The molecule has 0 atom stereocenters. The lowest BCUT2D eigenvalue weighted by molar-refractivity contribution is 0.0946. The summed E-state index contributed by atoms with van der Waals surface area (Å²) in [6.07, 6.45) is 2.97. The van der Waals surface area contributed by atoms with E-state index in [4.69, 9.17) is 4.42 Å². The molecule has 0 aliphatic carbocycles.